The molecular formula is C29H32N4O3. The number of hydrogen-bond acceptors (Lipinski definition) is 7. The molecule has 3 aromatic carbocycles. The van der Waals surface area contributed by atoms with Crippen LogP contribution in [0.1, 0.15) is 19.3 Å². The van der Waals surface area contributed by atoms with E-state index in [2.05, 4.69) is 10.2 Å². The van der Waals surface area contributed by atoms with E-state index in [1.54, 1.807) is 14.2 Å². The molecule has 0 amide bonds. The van der Waals surface area contributed by atoms with Crippen LogP contribution in [0.25, 0.3) is 22.3 Å². The minimum Gasteiger partial charge on any atom is -0.493 e. The van der Waals surface area contributed by atoms with Gasteiger partial charge in [0.2, 0.25) is 0 Å². The van der Waals surface area contributed by atoms with E-state index in [1.165, 1.54) is 32.4 Å². The third-order valence-electron chi connectivity index (χ3n) is 6.48. The van der Waals surface area contributed by atoms with Gasteiger partial charge in [-0.15, -0.1) is 0 Å². The van der Waals surface area contributed by atoms with Gasteiger partial charge in [0.25, 0.3) is 0 Å². The van der Waals surface area contributed by atoms with Gasteiger partial charge in [-0.25, -0.2) is 9.97 Å². The molecule has 0 spiro atoms. The summed E-state index contributed by atoms with van der Waals surface area (Å²) in [6, 6.07) is 21.7. The van der Waals surface area contributed by atoms with E-state index in [1.807, 2.05) is 66.7 Å². The van der Waals surface area contributed by atoms with Crippen LogP contribution in [0, 0.1) is 0 Å². The van der Waals surface area contributed by atoms with Gasteiger partial charge in [-0.3, -0.25) is 4.90 Å². The van der Waals surface area contributed by atoms with Crippen molar-refractivity contribution in [2.24, 2.45) is 0 Å². The van der Waals surface area contributed by atoms with Crippen LogP contribution in [0.4, 0.5) is 11.5 Å². The lowest BCUT2D eigenvalue weighted by Crippen LogP contribution is -2.33. The van der Waals surface area contributed by atoms with Crippen molar-refractivity contribution in [1.29, 1.82) is 0 Å². The number of benzene rings is 3. The monoisotopic (exact) mass is 484 g/mol. The highest BCUT2D eigenvalue weighted by Gasteiger charge is 2.15. The van der Waals surface area contributed by atoms with Gasteiger partial charge >= 0.3 is 0 Å². The predicted molar refractivity (Wildman–Crippen MR) is 144 cm³/mol. The van der Waals surface area contributed by atoms with Crippen molar-refractivity contribution in [2.45, 2.75) is 19.3 Å². The van der Waals surface area contributed by atoms with Crippen molar-refractivity contribution >= 4 is 22.4 Å². The fraction of sp³-hybridized carbons (Fsp3) is 0.310. The second-order valence-electron chi connectivity index (χ2n) is 8.89. The summed E-state index contributed by atoms with van der Waals surface area (Å²) < 4.78 is 17.0. The number of methoxy groups -OCH3 is 2. The number of ether oxygens (including phenoxy) is 3. The normalized spacial score (nSPS) is 13.9. The van der Waals surface area contributed by atoms with E-state index in [9.17, 15) is 0 Å². The van der Waals surface area contributed by atoms with Crippen molar-refractivity contribution in [3.05, 3.63) is 66.7 Å². The van der Waals surface area contributed by atoms with Crippen LogP contribution < -0.4 is 19.5 Å². The summed E-state index contributed by atoms with van der Waals surface area (Å²) in [7, 11) is 3.25. The number of fused-ring (bicyclic) bond motifs is 1. The first-order valence-electron chi connectivity index (χ1n) is 12.4. The molecule has 0 saturated carbocycles. The van der Waals surface area contributed by atoms with Gasteiger partial charge in [-0.1, -0.05) is 36.8 Å². The summed E-state index contributed by atoms with van der Waals surface area (Å²) in [6.45, 7) is 4.04. The molecule has 4 aromatic rings. The van der Waals surface area contributed by atoms with Crippen LogP contribution in [0.5, 0.6) is 17.2 Å². The first-order chi connectivity index (χ1) is 17.7. The number of rotatable bonds is 9. The average molecular weight is 485 g/mol. The fourth-order valence-corrected chi connectivity index (χ4v) is 4.51. The van der Waals surface area contributed by atoms with Crippen LogP contribution in [-0.4, -0.2) is 55.3 Å². The summed E-state index contributed by atoms with van der Waals surface area (Å²) in [6.07, 6.45) is 3.94. The number of hydrogen-bond donors (Lipinski definition) is 1. The molecule has 0 bridgehead atoms. The molecule has 7 nitrogen and oxygen atoms in total. The summed E-state index contributed by atoms with van der Waals surface area (Å²) in [5.74, 6) is 3.44. The average Bonchev–Trinajstić information content (AvgIpc) is 2.94. The Hall–Kier alpha value is -3.84. The van der Waals surface area contributed by atoms with Crippen LogP contribution in [-0.2, 0) is 0 Å². The largest absolute Gasteiger partial charge is 0.493 e. The van der Waals surface area contributed by atoms with Crippen molar-refractivity contribution in [1.82, 2.24) is 14.9 Å². The number of anilines is 2. The SMILES string of the molecule is COc1cc2nc(-c3ccccc3)nc(Nc3ccc(OCCN4CCCCC4)cc3)c2cc1OC. The molecule has 186 valence electrons. The van der Waals surface area contributed by atoms with Gasteiger partial charge in [-0.2, -0.15) is 0 Å². The smallest absolute Gasteiger partial charge is 0.162 e. The van der Waals surface area contributed by atoms with Gasteiger partial charge in [0.1, 0.15) is 18.2 Å². The Morgan fingerprint density at radius 3 is 2.28 bits per heavy atom. The number of nitrogens with one attached hydrogen (secondary N) is 1. The highest BCUT2D eigenvalue weighted by atomic mass is 16.5. The standard InChI is InChI=1S/C29H32N4O3/c1-34-26-19-24-25(20-27(26)35-2)31-28(21-9-5-3-6-10-21)32-29(24)30-22-11-13-23(14-12-22)36-18-17-33-15-7-4-8-16-33/h3,5-6,9-14,19-20H,4,7-8,15-18H2,1-2H3,(H,30,31,32). The number of aromatic nitrogens is 2. The molecule has 5 rings (SSSR count). The second kappa shape index (κ2) is 11.3. The number of nitrogens with zero attached hydrogens (tertiary/aromatic N) is 3. The first kappa shape index (κ1) is 23.9. The maximum atomic E-state index is 5.99. The van der Waals surface area contributed by atoms with E-state index < -0.39 is 0 Å². The zero-order valence-corrected chi connectivity index (χ0v) is 20.9. The molecule has 1 aliphatic heterocycles. The van der Waals surface area contributed by atoms with Gasteiger partial charge in [0.05, 0.1) is 19.7 Å². The molecule has 0 atom stereocenters. The Labute approximate surface area is 212 Å². The molecule has 1 aromatic heterocycles. The van der Waals surface area contributed by atoms with E-state index >= 15 is 0 Å². The van der Waals surface area contributed by atoms with E-state index in [4.69, 9.17) is 24.2 Å². The topological polar surface area (TPSA) is 68.7 Å². The quantitative estimate of drug-likeness (QED) is 0.316. The molecule has 7 heteroatoms. The van der Waals surface area contributed by atoms with E-state index in [-0.39, 0.29) is 0 Å². The summed E-state index contributed by atoms with van der Waals surface area (Å²) in [4.78, 5) is 12.2. The Bertz CT molecular complexity index is 1290. The lowest BCUT2D eigenvalue weighted by atomic mass is 10.1. The van der Waals surface area contributed by atoms with Crippen LogP contribution in [0.3, 0.4) is 0 Å². The zero-order valence-electron chi connectivity index (χ0n) is 20.9. The molecule has 0 aliphatic carbocycles. The maximum Gasteiger partial charge on any atom is 0.162 e. The molecular weight excluding hydrogens is 452 g/mol. The molecule has 36 heavy (non-hydrogen) atoms. The molecule has 0 radical (unpaired) electrons. The Kier molecular flexibility index (Phi) is 7.47. The molecule has 1 aliphatic rings. The van der Waals surface area contributed by atoms with E-state index in [0.29, 0.717) is 29.7 Å². The van der Waals surface area contributed by atoms with Crippen molar-refractivity contribution in [3.8, 4) is 28.6 Å². The number of piperidine rings is 1. The lowest BCUT2D eigenvalue weighted by molar-refractivity contribution is 0.183. The Balaban J connectivity index is 1.38. The predicted octanol–water partition coefficient (Wildman–Crippen LogP) is 5.92. The summed E-state index contributed by atoms with van der Waals surface area (Å²) in [5, 5.41) is 4.31. The lowest BCUT2D eigenvalue weighted by Gasteiger charge is -2.26. The summed E-state index contributed by atoms with van der Waals surface area (Å²) >= 11 is 0. The maximum absolute atomic E-state index is 5.99. The van der Waals surface area contributed by atoms with Crippen molar-refractivity contribution in [2.75, 3.05) is 45.8 Å². The first-order valence-corrected chi connectivity index (χ1v) is 12.4. The highest BCUT2D eigenvalue weighted by Crippen LogP contribution is 2.36. The minimum atomic E-state index is 0.625. The van der Waals surface area contributed by atoms with Gasteiger partial charge < -0.3 is 19.5 Å². The van der Waals surface area contributed by atoms with Crippen LogP contribution in [0.15, 0.2) is 66.7 Å². The van der Waals surface area contributed by atoms with Gasteiger partial charge in [-0.05, 0) is 56.3 Å². The molecule has 1 N–H and O–H groups in total. The zero-order chi connectivity index (χ0) is 24.7. The van der Waals surface area contributed by atoms with Crippen molar-refractivity contribution in [3.63, 3.8) is 0 Å². The molecule has 0 unspecified atom stereocenters. The van der Waals surface area contributed by atoms with E-state index in [0.717, 1.165) is 34.4 Å². The van der Waals surface area contributed by atoms with Crippen LogP contribution in [0.2, 0.25) is 0 Å². The highest BCUT2D eigenvalue weighted by molar-refractivity contribution is 5.94. The van der Waals surface area contributed by atoms with Crippen molar-refractivity contribution < 1.29 is 14.2 Å². The Morgan fingerprint density at radius 1 is 0.833 bits per heavy atom. The Morgan fingerprint density at radius 2 is 1.56 bits per heavy atom. The number of likely N-dealkylation sites (tertiary alicyclic amines) is 1. The third kappa shape index (κ3) is 5.52. The third-order valence-corrected chi connectivity index (χ3v) is 6.48. The molecule has 1 saturated heterocycles. The van der Waals surface area contributed by atoms with Crippen LogP contribution >= 0.6 is 0 Å². The second-order valence-corrected chi connectivity index (χ2v) is 8.89. The van der Waals surface area contributed by atoms with Gasteiger partial charge in [0, 0.05) is 29.2 Å². The molecule has 1 fully saturated rings. The fourth-order valence-electron chi connectivity index (χ4n) is 4.51. The molecule has 2 heterocycles. The summed E-state index contributed by atoms with van der Waals surface area (Å²) in [5.41, 5.74) is 2.61. The minimum absolute atomic E-state index is 0.625. The van der Waals surface area contributed by atoms with Gasteiger partial charge in [0.15, 0.2) is 17.3 Å².